The molecule has 0 spiro atoms. The van der Waals surface area contributed by atoms with E-state index in [2.05, 4.69) is 5.32 Å². The third-order valence-corrected chi connectivity index (χ3v) is 2.44. The van der Waals surface area contributed by atoms with E-state index < -0.39 is 11.6 Å². The van der Waals surface area contributed by atoms with Gasteiger partial charge in [-0.05, 0) is 18.2 Å². The Morgan fingerprint density at radius 1 is 1.00 bits per heavy atom. The molecule has 0 bridgehead atoms. The Hall–Kier alpha value is -2.23. The van der Waals surface area contributed by atoms with Gasteiger partial charge in [0.05, 0.1) is 6.42 Å². The minimum absolute atomic E-state index is 0.0448. The van der Waals surface area contributed by atoms with Gasteiger partial charge in [-0.1, -0.05) is 30.3 Å². The predicted molar refractivity (Wildman–Crippen MR) is 65.1 cm³/mol. The van der Waals surface area contributed by atoms with Crippen molar-refractivity contribution in [3.05, 3.63) is 65.7 Å². The molecule has 0 radical (unpaired) electrons. The molecular weight excluding hydrogens is 236 g/mol. The molecule has 2 rings (SSSR count). The Bertz CT molecular complexity index is 555. The number of carbonyl (C=O) groups is 1. The molecule has 4 heteroatoms. The number of halogens is 2. The number of nitrogens with one attached hydrogen (secondary N) is 1. The van der Waals surface area contributed by atoms with E-state index in [1.165, 1.54) is 12.1 Å². The van der Waals surface area contributed by atoms with Crippen LogP contribution in [0.2, 0.25) is 0 Å². The molecule has 0 atom stereocenters. The van der Waals surface area contributed by atoms with E-state index in [1.807, 2.05) is 6.07 Å². The van der Waals surface area contributed by atoms with Crippen molar-refractivity contribution in [2.24, 2.45) is 0 Å². The molecule has 2 aromatic carbocycles. The summed E-state index contributed by atoms with van der Waals surface area (Å²) in [5, 5.41) is 2.61. The van der Waals surface area contributed by atoms with Crippen LogP contribution in [0.5, 0.6) is 0 Å². The van der Waals surface area contributed by atoms with Gasteiger partial charge >= 0.3 is 0 Å². The third-order valence-electron chi connectivity index (χ3n) is 2.44. The van der Waals surface area contributed by atoms with Gasteiger partial charge in [0.25, 0.3) is 0 Å². The Balaban J connectivity index is 2.06. The Morgan fingerprint density at radius 3 is 2.44 bits per heavy atom. The zero-order valence-corrected chi connectivity index (χ0v) is 9.49. The van der Waals surface area contributed by atoms with Crippen molar-refractivity contribution in [2.45, 2.75) is 6.42 Å². The number of rotatable bonds is 3. The van der Waals surface area contributed by atoms with Crippen LogP contribution in [-0.2, 0) is 11.2 Å². The molecule has 0 unspecified atom stereocenters. The van der Waals surface area contributed by atoms with Crippen LogP contribution >= 0.6 is 0 Å². The summed E-state index contributed by atoms with van der Waals surface area (Å²) in [4.78, 5) is 11.6. The first-order chi connectivity index (χ1) is 8.66. The van der Waals surface area contributed by atoms with Gasteiger partial charge in [-0.15, -0.1) is 0 Å². The highest BCUT2D eigenvalue weighted by molar-refractivity contribution is 5.92. The lowest BCUT2D eigenvalue weighted by molar-refractivity contribution is -0.115. The zero-order chi connectivity index (χ0) is 13.0. The van der Waals surface area contributed by atoms with E-state index in [9.17, 15) is 13.6 Å². The minimum Gasteiger partial charge on any atom is -0.326 e. The standard InChI is InChI=1S/C14H11F2NO/c15-12-8-4-5-10(14(12)16)9-13(18)17-11-6-2-1-3-7-11/h1-8H,9H2,(H,17,18). The first-order valence-corrected chi connectivity index (χ1v) is 5.44. The number of hydrogen-bond donors (Lipinski definition) is 1. The fourth-order valence-electron chi connectivity index (χ4n) is 1.58. The maximum atomic E-state index is 13.3. The van der Waals surface area contributed by atoms with Crippen LogP contribution in [0.1, 0.15) is 5.56 Å². The predicted octanol–water partition coefficient (Wildman–Crippen LogP) is 3.15. The van der Waals surface area contributed by atoms with E-state index in [1.54, 1.807) is 24.3 Å². The Labute approximate surface area is 103 Å². The SMILES string of the molecule is O=C(Cc1cccc(F)c1F)Nc1ccccc1. The Kier molecular flexibility index (Phi) is 3.67. The number of carbonyl (C=O) groups excluding carboxylic acids is 1. The van der Waals surface area contributed by atoms with Crippen LogP contribution in [0.15, 0.2) is 48.5 Å². The summed E-state index contributed by atoms with van der Waals surface area (Å²) in [6.45, 7) is 0. The Morgan fingerprint density at radius 2 is 1.72 bits per heavy atom. The van der Waals surface area contributed by atoms with Crippen molar-refractivity contribution >= 4 is 11.6 Å². The van der Waals surface area contributed by atoms with Crippen molar-refractivity contribution in [2.75, 3.05) is 5.32 Å². The monoisotopic (exact) mass is 247 g/mol. The highest BCUT2D eigenvalue weighted by Crippen LogP contribution is 2.13. The summed E-state index contributed by atoms with van der Waals surface area (Å²) in [6.07, 6.45) is -0.196. The highest BCUT2D eigenvalue weighted by Gasteiger charge is 2.11. The van der Waals surface area contributed by atoms with Gasteiger partial charge in [0.2, 0.25) is 5.91 Å². The second kappa shape index (κ2) is 5.40. The first kappa shape index (κ1) is 12.2. The van der Waals surface area contributed by atoms with Crippen molar-refractivity contribution in [3.8, 4) is 0 Å². The second-order valence-electron chi connectivity index (χ2n) is 3.80. The molecule has 2 nitrogen and oxygen atoms in total. The van der Waals surface area contributed by atoms with Crippen molar-refractivity contribution in [1.29, 1.82) is 0 Å². The molecule has 0 aliphatic carbocycles. The summed E-state index contributed by atoms with van der Waals surface area (Å²) < 4.78 is 26.3. The number of amides is 1. The molecule has 0 heterocycles. The maximum Gasteiger partial charge on any atom is 0.228 e. The molecule has 1 amide bonds. The third kappa shape index (κ3) is 2.91. The molecule has 0 aliphatic rings. The summed E-state index contributed by atoms with van der Waals surface area (Å²) >= 11 is 0. The molecule has 0 saturated heterocycles. The molecule has 92 valence electrons. The second-order valence-corrected chi connectivity index (χ2v) is 3.80. The number of para-hydroxylation sites is 1. The van der Waals surface area contributed by atoms with Gasteiger partial charge in [-0.3, -0.25) is 4.79 Å². The average molecular weight is 247 g/mol. The number of benzene rings is 2. The van der Waals surface area contributed by atoms with E-state index in [4.69, 9.17) is 0 Å². The lowest BCUT2D eigenvalue weighted by atomic mass is 10.1. The molecule has 2 aromatic rings. The average Bonchev–Trinajstić information content (AvgIpc) is 2.36. The van der Waals surface area contributed by atoms with Crippen LogP contribution in [0.25, 0.3) is 0 Å². The van der Waals surface area contributed by atoms with Crippen molar-refractivity contribution in [3.63, 3.8) is 0 Å². The molecule has 0 aliphatic heterocycles. The summed E-state index contributed by atoms with van der Waals surface area (Å²) in [5.41, 5.74) is 0.669. The van der Waals surface area contributed by atoms with E-state index in [-0.39, 0.29) is 17.9 Å². The lowest BCUT2D eigenvalue weighted by Crippen LogP contribution is -2.15. The fourth-order valence-corrected chi connectivity index (χ4v) is 1.58. The van der Waals surface area contributed by atoms with E-state index in [0.29, 0.717) is 5.69 Å². The lowest BCUT2D eigenvalue weighted by Gasteiger charge is -2.06. The fraction of sp³-hybridized carbons (Fsp3) is 0.0714. The highest BCUT2D eigenvalue weighted by atomic mass is 19.2. The molecule has 1 N–H and O–H groups in total. The summed E-state index contributed by atoms with van der Waals surface area (Å²) in [5.74, 6) is -2.30. The maximum absolute atomic E-state index is 13.3. The topological polar surface area (TPSA) is 29.1 Å². The van der Waals surface area contributed by atoms with Crippen LogP contribution in [0, 0.1) is 11.6 Å². The van der Waals surface area contributed by atoms with E-state index >= 15 is 0 Å². The van der Waals surface area contributed by atoms with Gasteiger partial charge in [-0.25, -0.2) is 8.78 Å². The number of hydrogen-bond acceptors (Lipinski definition) is 1. The summed E-state index contributed by atoms with van der Waals surface area (Å²) in [6, 6.07) is 12.6. The van der Waals surface area contributed by atoms with E-state index in [0.717, 1.165) is 6.07 Å². The largest absolute Gasteiger partial charge is 0.326 e. The minimum atomic E-state index is -0.972. The van der Waals surface area contributed by atoms with Gasteiger partial charge in [0.15, 0.2) is 11.6 Å². The van der Waals surface area contributed by atoms with Crippen LogP contribution in [0.4, 0.5) is 14.5 Å². The first-order valence-electron chi connectivity index (χ1n) is 5.44. The smallest absolute Gasteiger partial charge is 0.228 e. The summed E-state index contributed by atoms with van der Waals surface area (Å²) in [7, 11) is 0. The normalized spacial score (nSPS) is 10.1. The molecule has 18 heavy (non-hydrogen) atoms. The van der Waals surface area contributed by atoms with Gasteiger partial charge in [-0.2, -0.15) is 0 Å². The number of anilines is 1. The molecular formula is C14H11F2NO. The molecule has 0 fully saturated rings. The van der Waals surface area contributed by atoms with Gasteiger partial charge < -0.3 is 5.32 Å². The van der Waals surface area contributed by atoms with Crippen molar-refractivity contribution < 1.29 is 13.6 Å². The van der Waals surface area contributed by atoms with Crippen LogP contribution in [0.3, 0.4) is 0 Å². The van der Waals surface area contributed by atoms with Gasteiger partial charge in [0, 0.05) is 11.3 Å². The quantitative estimate of drug-likeness (QED) is 0.886. The van der Waals surface area contributed by atoms with Crippen LogP contribution in [-0.4, -0.2) is 5.91 Å². The van der Waals surface area contributed by atoms with Crippen molar-refractivity contribution in [1.82, 2.24) is 0 Å². The van der Waals surface area contributed by atoms with Crippen LogP contribution < -0.4 is 5.32 Å². The molecule has 0 aromatic heterocycles. The van der Waals surface area contributed by atoms with Gasteiger partial charge in [0.1, 0.15) is 0 Å². The molecule has 0 saturated carbocycles. The zero-order valence-electron chi connectivity index (χ0n) is 9.49.